The van der Waals surface area contributed by atoms with Crippen LogP contribution in [0.1, 0.15) is 33.1 Å². The Morgan fingerprint density at radius 1 is 1.18 bits per heavy atom. The number of benzene rings is 1. The van der Waals surface area contributed by atoms with Crippen molar-refractivity contribution < 1.29 is 0 Å². The van der Waals surface area contributed by atoms with Crippen molar-refractivity contribution in [1.82, 2.24) is 0 Å². The van der Waals surface area contributed by atoms with Crippen molar-refractivity contribution in [2.75, 3.05) is 5.32 Å². The van der Waals surface area contributed by atoms with Crippen molar-refractivity contribution in [3.8, 4) is 0 Å². The molecule has 1 nitrogen and oxygen atoms in total. The third-order valence-corrected chi connectivity index (χ3v) is 4.29. The summed E-state index contributed by atoms with van der Waals surface area (Å²) in [6.07, 6.45) is 3.84. The standard InChI is InChI=1S/C14H19BrClN/c1-9-5-10(2)7-12(6-9)17-14-8-11(15)3-4-13(14)16/h3-4,8-10,12,17H,5-7H2,1-2H3. The summed E-state index contributed by atoms with van der Waals surface area (Å²) in [5, 5.41) is 4.39. The molecule has 1 saturated carbocycles. The smallest absolute Gasteiger partial charge is 0.0638 e. The number of nitrogens with one attached hydrogen (secondary N) is 1. The molecule has 0 amide bonds. The fraction of sp³-hybridized carbons (Fsp3) is 0.571. The second-order valence-corrected chi connectivity index (χ2v) is 6.71. The second kappa shape index (κ2) is 5.62. The lowest BCUT2D eigenvalue weighted by Gasteiger charge is -2.32. The maximum atomic E-state index is 6.20. The molecule has 3 heteroatoms. The Labute approximate surface area is 117 Å². The molecular formula is C14H19BrClN. The van der Waals surface area contributed by atoms with Crippen LogP contribution in [0.5, 0.6) is 0 Å². The van der Waals surface area contributed by atoms with Crippen molar-refractivity contribution in [3.05, 3.63) is 27.7 Å². The number of anilines is 1. The maximum Gasteiger partial charge on any atom is 0.0638 e. The van der Waals surface area contributed by atoms with Crippen LogP contribution in [0.25, 0.3) is 0 Å². The van der Waals surface area contributed by atoms with E-state index in [0.717, 1.165) is 27.0 Å². The van der Waals surface area contributed by atoms with E-state index in [1.54, 1.807) is 0 Å². The van der Waals surface area contributed by atoms with E-state index in [1.807, 2.05) is 12.1 Å². The Morgan fingerprint density at radius 2 is 1.82 bits per heavy atom. The zero-order valence-corrected chi connectivity index (χ0v) is 12.7. The molecule has 1 fully saturated rings. The molecule has 0 aliphatic heterocycles. The Bertz CT molecular complexity index is 384. The van der Waals surface area contributed by atoms with Gasteiger partial charge in [0, 0.05) is 10.5 Å². The third kappa shape index (κ3) is 3.62. The molecule has 1 aromatic carbocycles. The first-order chi connectivity index (χ1) is 8.04. The molecule has 2 rings (SSSR count). The van der Waals surface area contributed by atoms with E-state index in [2.05, 4.69) is 41.2 Å². The van der Waals surface area contributed by atoms with E-state index in [4.69, 9.17) is 11.6 Å². The fourth-order valence-corrected chi connectivity index (χ4v) is 3.43. The molecule has 2 unspecified atom stereocenters. The van der Waals surface area contributed by atoms with Gasteiger partial charge in [0.25, 0.3) is 0 Å². The molecule has 2 atom stereocenters. The van der Waals surface area contributed by atoms with Gasteiger partial charge in [-0.15, -0.1) is 0 Å². The summed E-state index contributed by atoms with van der Waals surface area (Å²) in [4.78, 5) is 0. The largest absolute Gasteiger partial charge is 0.381 e. The quantitative estimate of drug-likeness (QED) is 0.776. The van der Waals surface area contributed by atoms with E-state index in [0.29, 0.717) is 6.04 Å². The van der Waals surface area contributed by atoms with E-state index in [9.17, 15) is 0 Å². The van der Waals surface area contributed by atoms with Crippen LogP contribution in [0.3, 0.4) is 0 Å². The minimum absolute atomic E-state index is 0.556. The van der Waals surface area contributed by atoms with Crippen molar-refractivity contribution >= 4 is 33.2 Å². The lowest BCUT2D eigenvalue weighted by atomic mass is 9.80. The Morgan fingerprint density at radius 3 is 2.47 bits per heavy atom. The molecule has 1 aromatic rings. The van der Waals surface area contributed by atoms with Gasteiger partial charge in [-0.2, -0.15) is 0 Å². The van der Waals surface area contributed by atoms with Gasteiger partial charge in [-0.25, -0.2) is 0 Å². The van der Waals surface area contributed by atoms with Crippen LogP contribution in [-0.4, -0.2) is 6.04 Å². The average molecular weight is 317 g/mol. The minimum Gasteiger partial charge on any atom is -0.381 e. The number of halogens is 2. The van der Waals surface area contributed by atoms with Gasteiger partial charge in [-0.1, -0.05) is 41.4 Å². The van der Waals surface area contributed by atoms with Gasteiger partial charge in [-0.05, 0) is 49.3 Å². The van der Waals surface area contributed by atoms with Crippen LogP contribution in [0.4, 0.5) is 5.69 Å². The van der Waals surface area contributed by atoms with Gasteiger partial charge in [0.2, 0.25) is 0 Å². The summed E-state index contributed by atoms with van der Waals surface area (Å²) in [5.74, 6) is 1.62. The van der Waals surface area contributed by atoms with Crippen molar-refractivity contribution in [1.29, 1.82) is 0 Å². The topological polar surface area (TPSA) is 12.0 Å². The van der Waals surface area contributed by atoms with Crippen LogP contribution < -0.4 is 5.32 Å². The highest BCUT2D eigenvalue weighted by Crippen LogP contribution is 2.33. The molecule has 0 aromatic heterocycles. The molecule has 1 aliphatic rings. The lowest BCUT2D eigenvalue weighted by molar-refractivity contribution is 0.281. The summed E-state index contributed by atoms with van der Waals surface area (Å²) in [6, 6.07) is 6.52. The Balaban J connectivity index is 2.07. The monoisotopic (exact) mass is 315 g/mol. The molecule has 1 N–H and O–H groups in total. The summed E-state index contributed by atoms with van der Waals surface area (Å²) in [6.45, 7) is 4.68. The van der Waals surface area contributed by atoms with Crippen molar-refractivity contribution in [2.45, 2.75) is 39.2 Å². The van der Waals surface area contributed by atoms with E-state index < -0.39 is 0 Å². The van der Waals surface area contributed by atoms with Gasteiger partial charge in [0.05, 0.1) is 10.7 Å². The van der Waals surface area contributed by atoms with Crippen molar-refractivity contribution in [3.63, 3.8) is 0 Å². The van der Waals surface area contributed by atoms with Crippen LogP contribution in [0.2, 0.25) is 5.02 Å². The number of hydrogen-bond donors (Lipinski definition) is 1. The maximum absolute atomic E-state index is 6.20. The molecule has 94 valence electrons. The molecule has 0 heterocycles. The highest BCUT2D eigenvalue weighted by molar-refractivity contribution is 9.10. The summed E-state index contributed by atoms with van der Waals surface area (Å²) in [5.41, 5.74) is 1.05. The first-order valence-electron chi connectivity index (χ1n) is 6.26. The highest BCUT2D eigenvalue weighted by atomic mass is 79.9. The Hall–Kier alpha value is -0.210. The first-order valence-corrected chi connectivity index (χ1v) is 7.43. The van der Waals surface area contributed by atoms with E-state index >= 15 is 0 Å². The Kier molecular flexibility index (Phi) is 4.37. The summed E-state index contributed by atoms with van der Waals surface area (Å²) >= 11 is 9.69. The first kappa shape index (κ1) is 13.2. The number of hydrogen-bond acceptors (Lipinski definition) is 1. The summed E-state index contributed by atoms with van der Waals surface area (Å²) < 4.78 is 1.07. The molecule has 17 heavy (non-hydrogen) atoms. The summed E-state index contributed by atoms with van der Waals surface area (Å²) in [7, 11) is 0. The predicted octanol–water partition coefficient (Wildman–Crippen LogP) is 5.34. The number of rotatable bonds is 2. The van der Waals surface area contributed by atoms with Crippen molar-refractivity contribution in [2.24, 2.45) is 11.8 Å². The van der Waals surface area contributed by atoms with Gasteiger partial charge in [-0.3, -0.25) is 0 Å². The second-order valence-electron chi connectivity index (χ2n) is 5.38. The molecule has 0 saturated heterocycles. The molecular weight excluding hydrogens is 298 g/mol. The van der Waals surface area contributed by atoms with E-state index in [-0.39, 0.29) is 0 Å². The van der Waals surface area contributed by atoms with Crippen LogP contribution in [0.15, 0.2) is 22.7 Å². The fourth-order valence-electron chi connectivity index (χ4n) is 2.89. The van der Waals surface area contributed by atoms with Crippen LogP contribution in [0, 0.1) is 11.8 Å². The zero-order chi connectivity index (χ0) is 12.4. The van der Waals surface area contributed by atoms with Gasteiger partial charge in [0.1, 0.15) is 0 Å². The lowest BCUT2D eigenvalue weighted by Crippen LogP contribution is -2.30. The van der Waals surface area contributed by atoms with Gasteiger partial charge >= 0.3 is 0 Å². The SMILES string of the molecule is CC1CC(C)CC(Nc2cc(Br)ccc2Cl)C1. The normalized spacial score (nSPS) is 29.1. The predicted molar refractivity (Wildman–Crippen MR) is 78.7 cm³/mol. The van der Waals surface area contributed by atoms with Crippen LogP contribution >= 0.6 is 27.5 Å². The highest BCUT2D eigenvalue weighted by Gasteiger charge is 2.24. The third-order valence-electron chi connectivity index (χ3n) is 3.47. The molecule has 0 radical (unpaired) electrons. The average Bonchev–Trinajstić information content (AvgIpc) is 2.22. The van der Waals surface area contributed by atoms with E-state index in [1.165, 1.54) is 19.3 Å². The minimum atomic E-state index is 0.556. The van der Waals surface area contributed by atoms with Gasteiger partial charge < -0.3 is 5.32 Å². The molecule has 1 aliphatic carbocycles. The molecule has 0 bridgehead atoms. The van der Waals surface area contributed by atoms with Crippen LogP contribution in [-0.2, 0) is 0 Å². The van der Waals surface area contributed by atoms with Gasteiger partial charge in [0.15, 0.2) is 0 Å². The molecule has 0 spiro atoms. The zero-order valence-electron chi connectivity index (χ0n) is 10.3.